The number of aromatic nitrogens is 1. The third kappa shape index (κ3) is 6.71. The number of hydrogen-bond acceptors (Lipinski definition) is 5. The molecule has 0 spiro atoms. The van der Waals surface area contributed by atoms with Gasteiger partial charge in [0.15, 0.2) is 35.7 Å². The van der Waals surface area contributed by atoms with Gasteiger partial charge in [0.1, 0.15) is 0 Å². The first kappa shape index (κ1) is 32.2. The van der Waals surface area contributed by atoms with Gasteiger partial charge in [-0.05, 0) is 42.3 Å². The lowest BCUT2D eigenvalue weighted by molar-refractivity contribution is -0.670. The lowest BCUT2D eigenvalue weighted by atomic mass is 9.93. The van der Waals surface area contributed by atoms with Crippen molar-refractivity contribution >= 4 is 50.8 Å². The van der Waals surface area contributed by atoms with Gasteiger partial charge in [0, 0.05) is 23.6 Å². The van der Waals surface area contributed by atoms with Crippen molar-refractivity contribution in [3.63, 3.8) is 0 Å². The molecule has 2 aliphatic rings. The number of unbranched alkanes of at least 4 members (excludes halogenated alkanes) is 12. The van der Waals surface area contributed by atoms with Crippen molar-refractivity contribution in [3.05, 3.63) is 42.1 Å². The molecule has 4 aromatic rings. The molecule has 1 aromatic heterocycles. The minimum atomic E-state index is -0.193. The summed E-state index contributed by atoms with van der Waals surface area (Å²) in [6, 6.07) is 10.4. The number of fused-ring (bicyclic) bond motifs is 4. The van der Waals surface area contributed by atoms with Crippen LogP contribution < -0.4 is 23.5 Å². The highest BCUT2D eigenvalue weighted by Crippen LogP contribution is 2.46. The number of ether oxygens (including phenoxy) is 4. The fraction of sp³-hybridized carbons (Fsp3) is 0.514. The summed E-state index contributed by atoms with van der Waals surface area (Å²) < 4.78 is 25.6. The summed E-state index contributed by atoms with van der Waals surface area (Å²) >= 11 is 0. The lowest BCUT2D eigenvalue weighted by Gasteiger charge is -2.18. The molecule has 3 heterocycles. The van der Waals surface area contributed by atoms with Gasteiger partial charge in [-0.1, -0.05) is 84.0 Å². The smallest absolute Gasteiger partial charge is 0.311 e. The van der Waals surface area contributed by atoms with Crippen molar-refractivity contribution in [2.45, 2.75) is 110 Å². The van der Waals surface area contributed by atoms with Crippen LogP contribution in [0.25, 0.3) is 32.4 Å². The normalized spacial score (nSPS) is 13.1. The van der Waals surface area contributed by atoms with E-state index >= 15 is 0 Å². The SMILES string of the molecule is CCCCCCCCCCCCCCCC(=O)Oc1c(OC)ccc2c1c[n+]1c3c2ccc2c4c(cc(c23)CC1)OCO4.Cl. The Morgan fingerprint density at radius 1 is 0.818 bits per heavy atom. The number of halogens is 1. The molecule has 0 fully saturated rings. The summed E-state index contributed by atoms with van der Waals surface area (Å²) in [6.45, 7) is 3.37. The standard InChI is InChI=1S/C37H46NO5.ClH/c1-3-4-5-6-7-8-9-10-11-12-13-14-15-16-33(39)43-37-30-24-38-22-21-26-23-32-36(42-25-41-32)29-18-17-28(35(38)34(26)29)27(30)19-20-31(37)40-2;/h17-20,23-24H,3-16,21-22,25H2,1-2H3;1H/q+1;. The van der Waals surface area contributed by atoms with E-state index in [4.69, 9.17) is 18.9 Å². The number of nitrogens with zero attached hydrogens (tertiary/aromatic N) is 1. The van der Waals surface area contributed by atoms with Gasteiger partial charge in [0.05, 0.1) is 23.3 Å². The molecule has 0 saturated heterocycles. The van der Waals surface area contributed by atoms with Crippen molar-refractivity contribution in [1.82, 2.24) is 0 Å². The monoisotopic (exact) mass is 620 g/mol. The fourth-order valence-corrected chi connectivity index (χ4v) is 6.95. The third-order valence-electron chi connectivity index (χ3n) is 9.26. The number of rotatable bonds is 16. The van der Waals surface area contributed by atoms with Crippen LogP contribution in [0.2, 0.25) is 0 Å². The third-order valence-corrected chi connectivity index (χ3v) is 9.26. The van der Waals surface area contributed by atoms with E-state index in [2.05, 4.69) is 42.0 Å². The zero-order valence-electron chi connectivity index (χ0n) is 26.4. The van der Waals surface area contributed by atoms with Crippen molar-refractivity contribution in [3.8, 4) is 23.0 Å². The summed E-state index contributed by atoms with van der Waals surface area (Å²) in [5.74, 6) is 2.56. The highest BCUT2D eigenvalue weighted by atomic mass is 35.5. The van der Waals surface area contributed by atoms with E-state index in [9.17, 15) is 4.79 Å². The van der Waals surface area contributed by atoms with Crippen molar-refractivity contribution in [2.75, 3.05) is 13.9 Å². The quantitative estimate of drug-likeness (QED) is 0.0410. The molecule has 3 aromatic carbocycles. The van der Waals surface area contributed by atoms with Gasteiger partial charge in [-0.15, -0.1) is 12.4 Å². The van der Waals surface area contributed by atoms with E-state index in [1.165, 1.54) is 87.1 Å². The number of hydrogen-bond donors (Lipinski definition) is 0. The van der Waals surface area contributed by atoms with Crippen LogP contribution in [0, 0.1) is 0 Å². The Kier molecular flexibility index (Phi) is 11.1. The summed E-state index contributed by atoms with van der Waals surface area (Å²) in [4.78, 5) is 13.0. The molecule has 0 saturated carbocycles. The largest absolute Gasteiger partial charge is 0.493 e. The van der Waals surface area contributed by atoms with Gasteiger partial charge in [-0.25, -0.2) is 0 Å². The molecular weight excluding hydrogens is 574 g/mol. The van der Waals surface area contributed by atoms with Crippen LogP contribution >= 0.6 is 12.4 Å². The first-order valence-corrected chi connectivity index (χ1v) is 16.6. The average molecular weight is 621 g/mol. The molecule has 0 aliphatic carbocycles. The topological polar surface area (TPSA) is 57.9 Å². The summed E-state index contributed by atoms with van der Waals surface area (Å²) in [7, 11) is 1.63. The summed E-state index contributed by atoms with van der Waals surface area (Å²) in [5.41, 5.74) is 2.46. The van der Waals surface area contributed by atoms with Crippen LogP contribution in [-0.4, -0.2) is 19.9 Å². The fourth-order valence-electron chi connectivity index (χ4n) is 6.95. The molecule has 0 bridgehead atoms. The summed E-state index contributed by atoms with van der Waals surface area (Å²) in [5, 5.41) is 5.37. The maximum atomic E-state index is 13.0. The van der Waals surface area contributed by atoms with Crippen LogP contribution in [0.4, 0.5) is 0 Å². The van der Waals surface area contributed by atoms with Crippen LogP contribution in [-0.2, 0) is 17.8 Å². The molecule has 2 aliphatic heterocycles. The predicted molar refractivity (Wildman–Crippen MR) is 179 cm³/mol. The van der Waals surface area contributed by atoms with Crippen molar-refractivity contribution in [2.24, 2.45) is 0 Å². The van der Waals surface area contributed by atoms with Gasteiger partial charge in [-0.3, -0.25) is 4.79 Å². The minimum Gasteiger partial charge on any atom is -0.493 e. The van der Waals surface area contributed by atoms with Gasteiger partial charge in [-0.2, -0.15) is 4.57 Å². The second-order valence-electron chi connectivity index (χ2n) is 12.3. The van der Waals surface area contributed by atoms with Crippen LogP contribution in [0.5, 0.6) is 23.0 Å². The molecule has 7 heteroatoms. The zero-order chi connectivity index (χ0) is 29.6. The molecule has 0 atom stereocenters. The van der Waals surface area contributed by atoms with E-state index in [0.29, 0.717) is 17.9 Å². The number of benzene rings is 3. The number of pyridine rings is 1. The van der Waals surface area contributed by atoms with Crippen molar-refractivity contribution in [1.29, 1.82) is 0 Å². The molecule has 6 rings (SSSR count). The highest BCUT2D eigenvalue weighted by molar-refractivity contribution is 6.17. The number of carbonyl (C=O) groups excluding carboxylic acids is 1. The second-order valence-corrected chi connectivity index (χ2v) is 12.3. The Bertz CT molecular complexity index is 1620. The Hall–Kier alpha value is -3.25. The van der Waals surface area contributed by atoms with Gasteiger partial charge in [0.2, 0.25) is 12.3 Å². The van der Waals surface area contributed by atoms with E-state index in [1.54, 1.807) is 7.11 Å². The number of methoxy groups -OCH3 is 1. The van der Waals surface area contributed by atoms with E-state index in [0.717, 1.165) is 58.9 Å². The Morgan fingerprint density at radius 2 is 1.48 bits per heavy atom. The van der Waals surface area contributed by atoms with E-state index in [1.807, 2.05) is 6.07 Å². The predicted octanol–water partition coefficient (Wildman–Crippen LogP) is 9.54. The second kappa shape index (κ2) is 15.2. The minimum absolute atomic E-state index is 0. The molecule has 44 heavy (non-hydrogen) atoms. The molecule has 236 valence electrons. The highest BCUT2D eigenvalue weighted by Gasteiger charge is 2.30. The first-order chi connectivity index (χ1) is 21.2. The molecular formula is C37H47ClNO5+. The van der Waals surface area contributed by atoms with Crippen molar-refractivity contribution < 1.29 is 28.3 Å². The lowest BCUT2D eigenvalue weighted by Crippen LogP contribution is -2.38. The first-order valence-electron chi connectivity index (χ1n) is 16.6. The van der Waals surface area contributed by atoms with Crippen LogP contribution in [0.1, 0.15) is 102 Å². The maximum Gasteiger partial charge on any atom is 0.311 e. The summed E-state index contributed by atoms with van der Waals surface area (Å²) in [6.07, 6.45) is 20.1. The maximum absolute atomic E-state index is 13.0. The van der Waals surface area contributed by atoms with Gasteiger partial charge >= 0.3 is 5.97 Å². The molecule has 6 nitrogen and oxygen atoms in total. The number of aryl methyl sites for hydroxylation is 2. The molecule has 0 unspecified atom stereocenters. The van der Waals surface area contributed by atoms with E-state index < -0.39 is 0 Å². The Labute approximate surface area is 267 Å². The van der Waals surface area contributed by atoms with E-state index in [-0.39, 0.29) is 25.2 Å². The Balaban J connectivity index is 0.00000384. The number of carbonyl (C=O) groups is 1. The van der Waals surface area contributed by atoms with Crippen LogP contribution in [0.3, 0.4) is 0 Å². The van der Waals surface area contributed by atoms with Gasteiger partial charge in [0.25, 0.3) is 0 Å². The number of esters is 1. The molecule has 0 N–H and O–H groups in total. The molecule has 0 radical (unpaired) electrons. The van der Waals surface area contributed by atoms with Crippen LogP contribution in [0.15, 0.2) is 36.5 Å². The Morgan fingerprint density at radius 3 is 2.18 bits per heavy atom. The van der Waals surface area contributed by atoms with Gasteiger partial charge < -0.3 is 18.9 Å². The zero-order valence-corrected chi connectivity index (χ0v) is 27.2. The average Bonchev–Trinajstić information content (AvgIpc) is 3.50. The molecule has 0 amide bonds.